The summed E-state index contributed by atoms with van der Waals surface area (Å²) in [6.45, 7) is 3.70. The second-order valence-electron chi connectivity index (χ2n) is 4.02. The Morgan fingerprint density at radius 1 is 1.62 bits per heavy atom. The number of amides is 1. The van der Waals surface area contributed by atoms with Crippen LogP contribution in [0.5, 0.6) is 0 Å². The van der Waals surface area contributed by atoms with Gasteiger partial charge >= 0.3 is 0 Å². The van der Waals surface area contributed by atoms with Crippen LogP contribution in [-0.2, 0) is 0 Å². The largest absolute Gasteiger partial charge is 0.365 e. The molecule has 1 aliphatic heterocycles. The van der Waals surface area contributed by atoms with E-state index in [0.717, 1.165) is 30.8 Å². The van der Waals surface area contributed by atoms with Crippen LogP contribution in [-0.4, -0.2) is 30.0 Å². The predicted octanol–water partition coefficient (Wildman–Crippen LogP) is 1.23. The highest BCUT2D eigenvalue weighted by atomic mass is 35.5. The van der Waals surface area contributed by atoms with E-state index in [1.807, 2.05) is 13.0 Å². The predicted molar refractivity (Wildman–Crippen MR) is 66.1 cm³/mol. The average Bonchev–Trinajstić information content (AvgIpc) is 2.84. The van der Waals surface area contributed by atoms with Gasteiger partial charge < -0.3 is 15.6 Å². The molecule has 0 saturated carbocycles. The molecular weight excluding hydrogens is 226 g/mol. The minimum absolute atomic E-state index is 0. The lowest BCUT2D eigenvalue weighted by atomic mass is 10.2. The molecule has 0 radical (unpaired) electrons. The van der Waals surface area contributed by atoms with E-state index in [2.05, 4.69) is 15.6 Å². The summed E-state index contributed by atoms with van der Waals surface area (Å²) >= 11 is 0. The molecule has 16 heavy (non-hydrogen) atoms. The van der Waals surface area contributed by atoms with Crippen molar-refractivity contribution in [3.63, 3.8) is 0 Å². The molecule has 0 spiro atoms. The second kappa shape index (κ2) is 5.92. The molecule has 0 aromatic carbocycles. The molecule has 3 N–H and O–H groups in total. The lowest BCUT2D eigenvalue weighted by Crippen LogP contribution is -2.37. The zero-order chi connectivity index (χ0) is 10.7. The van der Waals surface area contributed by atoms with E-state index < -0.39 is 0 Å². The van der Waals surface area contributed by atoms with Crippen LogP contribution in [0.25, 0.3) is 0 Å². The minimum atomic E-state index is 0. The van der Waals surface area contributed by atoms with Crippen molar-refractivity contribution in [3.05, 3.63) is 23.5 Å². The van der Waals surface area contributed by atoms with Crippen LogP contribution >= 0.6 is 12.4 Å². The molecule has 2 rings (SSSR count). The quantitative estimate of drug-likeness (QED) is 0.748. The highest BCUT2D eigenvalue weighted by Crippen LogP contribution is 2.06. The number of aromatic amines is 1. The van der Waals surface area contributed by atoms with E-state index in [9.17, 15) is 4.79 Å². The van der Waals surface area contributed by atoms with Crippen molar-refractivity contribution >= 4 is 18.3 Å². The Kier molecular flexibility index (Phi) is 4.83. The maximum Gasteiger partial charge on any atom is 0.253 e. The first kappa shape index (κ1) is 13.1. The molecule has 1 unspecified atom stereocenters. The van der Waals surface area contributed by atoms with Crippen molar-refractivity contribution in [3.8, 4) is 0 Å². The zero-order valence-corrected chi connectivity index (χ0v) is 10.2. The van der Waals surface area contributed by atoms with Crippen LogP contribution in [0, 0.1) is 6.92 Å². The highest BCUT2D eigenvalue weighted by molar-refractivity contribution is 5.95. The Bertz CT molecular complexity index is 345. The van der Waals surface area contributed by atoms with Gasteiger partial charge in [0, 0.05) is 24.5 Å². The van der Waals surface area contributed by atoms with Crippen LogP contribution in [0.1, 0.15) is 28.9 Å². The Balaban J connectivity index is 0.00000128. The van der Waals surface area contributed by atoms with Gasteiger partial charge in [0.2, 0.25) is 0 Å². The highest BCUT2D eigenvalue weighted by Gasteiger charge is 2.16. The number of carbonyl (C=O) groups excluding carboxylic acids is 1. The molecule has 0 bridgehead atoms. The molecule has 4 nitrogen and oxygen atoms in total. The summed E-state index contributed by atoms with van der Waals surface area (Å²) in [4.78, 5) is 14.7. The summed E-state index contributed by atoms with van der Waals surface area (Å²) in [7, 11) is 0. The second-order valence-corrected chi connectivity index (χ2v) is 4.02. The number of hydrogen-bond donors (Lipinski definition) is 3. The third kappa shape index (κ3) is 3.00. The molecular formula is C11H18ClN3O. The first-order valence-electron chi connectivity index (χ1n) is 5.43. The van der Waals surface area contributed by atoms with Gasteiger partial charge in [0.15, 0.2) is 0 Å². The number of rotatable bonds is 3. The monoisotopic (exact) mass is 243 g/mol. The molecule has 1 aromatic heterocycles. The summed E-state index contributed by atoms with van der Waals surface area (Å²) in [6.07, 6.45) is 4.16. The zero-order valence-electron chi connectivity index (χ0n) is 9.38. The summed E-state index contributed by atoms with van der Waals surface area (Å²) < 4.78 is 0. The number of nitrogens with one attached hydrogen (secondary N) is 3. The maximum atomic E-state index is 11.7. The van der Waals surface area contributed by atoms with Gasteiger partial charge in [0.1, 0.15) is 0 Å². The van der Waals surface area contributed by atoms with Crippen LogP contribution < -0.4 is 10.6 Å². The van der Waals surface area contributed by atoms with Crippen molar-refractivity contribution < 1.29 is 4.79 Å². The maximum absolute atomic E-state index is 11.7. The molecule has 1 aromatic rings. The van der Waals surface area contributed by atoms with Gasteiger partial charge in [-0.3, -0.25) is 4.79 Å². The first-order valence-corrected chi connectivity index (χ1v) is 5.43. The Morgan fingerprint density at radius 3 is 3.00 bits per heavy atom. The third-order valence-corrected chi connectivity index (χ3v) is 2.87. The standard InChI is InChI=1S/C11H17N3O.ClH/c1-8-10(4-6-12-8)11(15)14-7-9-3-2-5-13-9;/h4,6,9,12-13H,2-3,5,7H2,1H3,(H,14,15);1H. The van der Waals surface area contributed by atoms with E-state index in [-0.39, 0.29) is 18.3 Å². The fourth-order valence-electron chi connectivity index (χ4n) is 1.94. The van der Waals surface area contributed by atoms with Crippen molar-refractivity contribution in [2.45, 2.75) is 25.8 Å². The molecule has 0 aliphatic carbocycles. The summed E-state index contributed by atoms with van der Waals surface area (Å²) in [5.41, 5.74) is 1.67. The molecule has 5 heteroatoms. The number of aryl methyl sites for hydroxylation is 1. The Labute approximate surface area is 102 Å². The lowest BCUT2D eigenvalue weighted by Gasteiger charge is -2.11. The molecule has 1 amide bonds. The van der Waals surface area contributed by atoms with E-state index >= 15 is 0 Å². The fraction of sp³-hybridized carbons (Fsp3) is 0.545. The summed E-state index contributed by atoms with van der Waals surface area (Å²) in [5.74, 6) is 0.0162. The van der Waals surface area contributed by atoms with Crippen LogP contribution in [0.4, 0.5) is 0 Å². The van der Waals surface area contributed by atoms with E-state index in [0.29, 0.717) is 6.04 Å². The molecule has 1 fully saturated rings. The molecule has 90 valence electrons. The molecule has 1 atom stereocenters. The van der Waals surface area contributed by atoms with Crippen molar-refractivity contribution in [2.75, 3.05) is 13.1 Å². The van der Waals surface area contributed by atoms with Gasteiger partial charge in [-0.25, -0.2) is 0 Å². The van der Waals surface area contributed by atoms with Gasteiger partial charge in [0.05, 0.1) is 5.56 Å². The molecule has 2 heterocycles. The number of hydrogen-bond acceptors (Lipinski definition) is 2. The average molecular weight is 244 g/mol. The van der Waals surface area contributed by atoms with Gasteiger partial charge in [-0.1, -0.05) is 0 Å². The molecule has 1 saturated heterocycles. The topological polar surface area (TPSA) is 56.9 Å². The number of aromatic nitrogens is 1. The summed E-state index contributed by atoms with van der Waals surface area (Å²) in [6, 6.07) is 2.26. The number of H-pyrrole nitrogens is 1. The number of carbonyl (C=O) groups is 1. The fourth-order valence-corrected chi connectivity index (χ4v) is 1.94. The third-order valence-electron chi connectivity index (χ3n) is 2.87. The van der Waals surface area contributed by atoms with Gasteiger partial charge in [-0.2, -0.15) is 0 Å². The van der Waals surface area contributed by atoms with E-state index in [4.69, 9.17) is 0 Å². The van der Waals surface area contributed by atoms with Crippen molar-refractivity contribution in [2.24, 2.45) is 0 Å². The van der Waals surface area contributed by atoms with Crippen molar-refractivity contribution in [1.29, 1.82) is 0 Å². The van der Waals surface area contributed by atoms with Gasteiger partial charge in [-0.05, 0) is 32.4 Å². The van der Waals surface area contributed by atoms with Crippen LogP contribution in [0.15, 0.2) is 12.3 Å². The van der Waals surface area contributed by atoms with Gasteiger partial charge in [-0.15, -0.1) is 12.4 Å². The normalized spacial score (nSPS) is 19.2. The lowest BCUT2D eigenvalue weighted by molar-refractivity contribution is 0.0950. The minimum Gasteiger partial charge on any atom is -0.365 e. The Morgan fingerprint density at radius 2 is 2.44 bits per heavy atom. The van der Waals surface area contributed by atoms with Gasteiger partial charge in [0.25, 0.3) is 5.91 Å². The first-order chi connectivity index (χ1) is 7.27. The van der Waals surface area contributed by atoms with Crippen LogP contribution in [0.3, 0.4) is 0 Å². The Hall–Kier alpha value is -1.00. The SMILES string of the molecule is Cc1[nH]ccc1C(=O)NCC1CCCN1.Cl. The van der Waals surface area contributed by atoms with Crippen LogP contribution in [0.2, 0.25) is 0 Å². The molecule has 1 aliphatic rings. The summed E-state index contributed by atoms with van der Waals surface area (Å²) in [5, 5.41) is 6.30. The van der Waals surface area contributed by atoms with E-state index in [1.165, 1.54) is 6.42 Å². The van der Waals surface area contributed by atoms with E-state index in [1.54, 1.807) is 6.20 Å². The van der Waals surface area contributed by atoms with Crippen molar-refractivity contribution in [1.82, 2.24) is 15.6 Å². The number of halogens is 1. The smallest absolute Gasteiger partial charge is 0.253 e.